The fourth-order valence-electron chi connectivity index (χ4n) is 2.08. The summed E-state index contributed by atoms with van der Waals surface area (Å²) in [6.45, 7) is 4.31. The summed E-state index contributed by atoms with van der Waals surface area (Å²) in [4.78, 5) is 4.09. The van der Waals surface area contributed by atoms with Gasteiger partial charge in [0.05, 0.1) is 5.69 Å². The fraction of sp³-hybridized carbons (Fsp3) is 0.583. The zero-order chi connectivity index (χ0) is 10.2. The van der Waals surface area contributed by atoms with Crippen LogP contribution in [0, 0.1) is 11.8 Å². The van der Waals surface area contributed by atoms with Gasteiger partial charge >= 0.3 is 0 Å². The van der Waals surface area contributed by atoms with Gasteiger partial charge in [0.25, 0.3) is 0 Å². The summed E-state index contributed by atoms with van der Waals surface area (Å²) in [5.74, 6) is 1.12. The predicted octanol–water partition coefficient (Wildman–Crippen LogP) is 3.31. The zero-order valence-electron chi connectivity index (χ0n) is 8.70. The third-order valence-electron chi connectivity index (χ3n) is 3.24. The van der Waals surface area contributed by atoms with Gasteiger partial charge in [-0.2, -0.15) is 0 Å². The lowest BCUT2D eigenvalue weighted by atomic mass is 9.66. The Morgan fingerprint density at radius 3 is 2.64 bits per heavy atom. The molecule has 0 N–H and O–H groups in total. The topological polar surface area (TPSA) is 12.9 Å². The molecule has 2 heteroatoms. The molecule has 1 aromatic rings. The number of halogens is 1. The second-order valence-electron chi connectivity index (χ2n) is 4.59. The molecule has 0 saturated heterocycles. The van der Waals surface area contributed by atoms with Crippen LogP contribution in [0.15, 0.2) is 24.4 Å². The van der Waals surface area contributed by atoms with E-state index in [2.05, 4.69) is 18.8 Å². The molecule has 14 heavy (non-hydrogen) atoms. The monoisotopic (exact) mass is 193 g/mol. The minimum Gasteiger partial charge on any atom is -0.258 e. The first kappa shape index (κ1) is 9.63. The van der Waals surface area contributed by atoms with Gasteiger partial charge in [-0.15, -0.1) is 0 Å². The van der Waals surface area contributed by atoms with Gasteiger partial charge in [0.15, 0.2) is 5.67 Å². The van der Waals surface area contributed by atoms with Crippen LogP contribution in [-0.4, -0.2) is 4.98 Å². The quantitative estimate of drug-likeness (QED) is 0.702. The van der Waals surface area contributed by atoms with E-state index in [4.69, 9.17) is 0 Å². The second kappa shape index (κ2) is 3.34. The van der Waals surface area contributed by atoms with Crippen molar-refractivity contribution in [3.63, 3.8) is 0 Å². The Bertz CT molecular complexity index is 301. The highest BCUT2D eigenvalue weighted by molar-refractivity contribution is 5.17. The summed E-state index contributed by atoms with van der Waals surface area (Å²) >= 11 is 0. The third kappa shape index (κ3) is 1.54. The maximum absolute atomic E-state index is 14.2. The number of alkyl halides is 1. The summed E-state index contributed by atoms with van der Waals surface area (Å²) < 4.78 is 14.2. The summed E-state index contributed by atoms with van der Waals surface area (Å²) in [5.41, 5.74) is -0.534. The molecule has 1 heterocycles. The van der Waals surface area contributed by atoms with Crippen molar-refractivity contribution < 1.29 is 4.39 Å². The van der Waals surface area contributed by atoms with Crippen molar-refractivity contribution in [2.75, 3.05) is 0 Å². The van der Waals surface area contributed by atoms with Crippen molar-refractivity contribution in [2.45, 2.75) is 32.4 Å². The van der Waals surface area contributed by atoms with Gasteiger partial charge < -0.3 is 0 Å². The average molecular weight is 193 g/mol. The molecule has 1 aliphatic carbocycles. The average Bonchev–Trinajstić information content (AvgIpc) is 2.14. The molecule has 76 valence electrons. The zero-order valence-corrected chi connectivity index (χ0v) is 8.70. The summed E-state index contributed by atoms with van der Waals surface area (Å²) in [6.07, 6.45) is 2.95. The van der Waals surface area contributed by atoms with Gasteiger partial charge in [0.2, 0.25) is 0 Å². The van der Waals surface area contributed by atoms with Crippen LogP contribution in [0.5, 0.6) is 0 Å². The Kier molecular flexibility index (Phi) is 2.30. The van der Waals surface area contributed by atoms with Crippen molar-refractivity contribution in [3.05, 3.63) is 30.1 Å². The normalized spacial score (nSPS) is 31.6. The molecular weight excluding hydrogens is 177 g/mol. The van der Waals surface area contributed by atoms with Crippen LogP contribution < -0.4 is 0 Å². The largest absolute Gasteiger partial charge is 0.258 e. The molecule has 0 amide bonds. The van der Waals surface area contributed by atoms with E-state index >= 15 is 0 Å². The van der Waals surface area contributed by atoms with Crippen molar-refractivity contribution in [3.8, 4) is 0 Å². The number of pyridine rings is 1. The molecular formula is C12H16FN. The number of nitrogens with zero attached hydrogens (tertiary/aromatic N) is 1. The first-order valence-corrected chi connectivity index (χ1v) is 5.22. The van der Waals surface area contributed by atoms with E-state index in [9.17, 15) is 4.39 Å². The number of hydrogen-bond acceptors (Lipinski definition) is 1. The first-order chi connectivity index (χ1) is 6.62. The molecule has 0 bridgehead atoms. The lowest BCUT2D eigenvalue weighted by molar-refractivity contribution is -0.0219. The Morgan fingerprint density at radius 1 is 1.43 bits per heavy atom. The Balaban J connectivity index is 2.08. The maximum Gasteiger partial charge on any atom is 0.153 e. The smallest absolute Gasteiger partial charge is 0.153 e. The van der Waals surface area contributed by atoms with Crippen LogP contribution in [-0.2, 0) is 5.67 Å². The molecule has 1 nitrogen and oxygen atoms in total. The number of aromatic nitrogens is 1. The van der Waals surface area contributed by atoms with E-state index in [1.807, 2.05) is 12.1 Å². The molecule has 1 saturated carbocycles. The fourth-order valence-corrected chi connectivity index (χ4v) is 2.08. The van der Waals surface area contributed by atoms with Crippen molar-refractivity contribution in [2.24, 2.45) is 11.8 Å². The SMILES string of the molecule is CC(C)C1CC(F)(c2ccccn2)C1. The Hall–Kier alpha value is -0.920. The molecule has 0 spiro atoms. The van der Waals surface area contributed by atoms with Gasteiger partial charge in [-0.3, -0.25) is 4.98 Å². The van der Waals surface area contributed by atoms with E-state index < -0.39 is 5.67 Å². The van der Waals surface area contributed by atoms with E-state index in [1.54, 1.807) is 12.3 Å². The standard InChI is InChI=1S/C12H16FN/c1-9(2)10-7-12(13,8-10)11-5-3-4-6-14-11/h3-6,9-10H,7-8H2,1-2H3. The van der Waals surface area contributed by atoms with E-state index in [0.717, 1.165) is 0 Å². The van der Waals surface area contributed by atoms with Crippen molar-refractivity contribution in [1.29, 1.82) is 0 Å². The maximum atomic E-state index is 14.2. The first-order valence-electron chi connectivity index (χ1n) is 5.22. The van der Waals surface area contributed by atoms with Crippen LogP contribution >= 0.6 is 0 Å². The summed E-state index contributed by atoms with van der Waals surface area (Å²) in [5, 5.41) is 0. The van der Waals surface area contributed by atoms with Crippen molar-refractivity contribution in [1.82, 2.24) is 4.98 Å². The molecule has 0 atom stereocenters. The van der Waals surface area contributed by atoms with Crippen LogP contribution in [0.25, 0.3) is 0 Å². The van der Waals surface area contributed by atoms with Gasteiger partial charge in [-0.05, 0) is 36.8 Å². The highest BCUT2D eigenvalue weighted by Gasteiger charge is 2.47. The summed E-state index contributed by atoms with van der Waals surface area (Å²) in [7, 11) is 0. The highest BCUT2D eigenvalue weighted by Crippen LogP contribution is 2.50. The van der Waals surface area contributed by atoms with E-state index in [1.165, 1.54) is 0 Å². The van der Waals surface area contributed by atoms with Crippen LogP contribution in [0.1, 0.15) is 32.4 Å². The second-order valence-corrected chi connectivity index (χ2v) is 4.59. The Labute approximate surface area is 84.4 Å². The molecule has 1 aromatic heterocycles. The van der Waals surface area contributed by atoms with Gasteiger partial charge in [0.1, 0.15) is 0 Å². The molecule has 1 aliphatic rings. The Morgan fingerprint density at radius 2 is 2.14 bits per heavy atom. The van der Waals surface area contributed by atoms with Gasteiger partial charge in [-0.25, -0.2) is 4.39 Å². The van der Waals surface area contributed by atoms with E-state index in [0.29, 0.717) is 30.4 Å². The van der Waals surface area contributed by atoms with Crippen molar-refractivity contribution >= 4 is 0 Å². The molecule has 0 unspecified atom stereocenters. The molecule has 0 aromatic carbocycles. The van der Waals surface area contributed by atoms with Crippen LogP contribution in [0.4, 0.5) is 4.39 Å². The van der Waals surface area contributed by atoms with Crippen LogP contribution in [0.3, 0.4) is 0 Å². The summed E-state index contributed by atoms with van der Waals surface area (Å²) in [6, 6.07) is 5.47. The lowest BCUT2D eigenvalue weighted by Gasteiger charge is -2.43. The minimum absolute atomic E-state index is 0.530. The molecule has 0 aliphatic heterocycles. The minimum atomic E-state index is -1.14. The van der Waals surface area contributed by atoms with Gasteiger partial charge in [-0.1, -0.05) is 19.9 Å². The third-order valence-corrected chi connectivity index (χ3v) is 3.24. The molecule has 1 fully saturated rings. The van der Waals surface area contributed by atoms with Crippen LogP contribution in [0.2, 0.25) is 0 Å². The van der Waals surface area contributed by atoms with Gasteiger partial charge in [0, 0.05) is 6.20 Å². The highest BCUT2D eigenvalue weighted by atomic mass is 19.1. The molecule has 2 rings (SSSR count). The predicted molar refractivity (Wildman–Crippen MR) is 54.6 cm³/mol. The number of hydrogen-bond donors (Lipinski definition) is 0. The lowest BCUT2D eigenvalue weighted by Crippen LogP contribution is -2.40. The number of rotatable bonds is 2. The van der Waals surface area contributed by atoms with E-state index in [-0.39, 0.29) is 0 Å². The molecule has 0 radical (unpaired) electrons.